The summed E-state index contributed by atoms with van der Waals surface area (Å²) in [5, 5.41) is 14.2. The van der Waals surface area contributed by atoms with E-state index in [1.807, 2.05) is 41.9 Å². The number of fused-ring (bicyclic) bond motifs is 1. The van der Waals surface area contributed by atoms with Crippen molar-refractivity contribution in [3.05, 3.63) is 76.5 Å². The van der Waals surface area contributed by atoms with E-state index >= 15 is 0 Å². The molecule has 4 aromatic rings. The maximum absolute atomic E-state index is 10.6. The number of carboxylic acid groups (broad SMARTS) is 2. The fourth-order valence-corrected chi connectivity index (χ4v) is 4.69. The Morgan fingerprint density at radius 3 is 2.17 bits per heavy atom. The van der Waals surface area contributed by atoms with Gasteiger partial charge in [-0.2, -0.15) is 26.3 Å². The molecule has 5 rings (SSSR count). The molecule has 1 unspecified atom stereocenters. The number of morpholine rings is 1. The SMILES string of the molecule is Cc1ccc(CN2CCOC(c3cn4c(-c5ccncc5)cccc4n3)C2)s1.O=C(O)C(F)(F)F.O=C(O)C(F)(F)F. The van der Waals surface area contributed by atoms with E-state index in [2.05, 4.69) is 51.7 Å². The molecule has 1 aliphatic rings. The Kier molecular flexibility index (Phi) is 10.6. The number of hydrogen-bond acceptors (Lipinski definition) is 7. The molecule has 9 nitrogen and oxygen atoms in total. The fourth-order valence-electron chi connectivity index (χ4n) is 3.76. The van der Waals surface area contributed by atoms with Crippen LogP contribution in [0.1, 0.15) is 21.6 Å². The van der Waals surface area contributed by atoms with Gasteiger partial charge < -0.3 is 14.9 Å². The lowest BCUT2D eigenvalue weighted by atomic mass is 10.2. The second-order valence-corrected chi connectivity index (χ2v) is 10.1. The summed E-state index contributed by atoms with van der Waals surface area (Å²) in [6.07, 6.45) is -4.41. The molecule has 0 bridgehead atoms. The van der Waals surface area contributed by atoms with Crippen LogP contribution in [0.15, 0.2) is 61.1 Å². The Morgan fingerprint density at radius 1 is 1.00 bits per heavy atom. The lowest BCUT2D eigenvalue weighted by molar-refractivity contribution is -0.193. The predicted octanol–water partition coefficient (Wildman–Crippen LogP) is 5.61. The number of imidazole rings is 1. The largest absolute Gasteiger partial charge is 0.490 e. The second kappa shape index (κ2) is 13.8. The summed E-state index contributed by atoms with van der Waals surface area (Å²) in [6.45, 7) is 5.70. The molecule has 0 aromatic carbocycles. The molecular weight excluding hydrogens is 594 g/mol. The van der Waals surface area contributed by atoms with Crippen LogP contribution in [0.3, 0.4) is 0 Å². The first-order valence-corrected chi connectivity index (χ1v) is 12.8. The Labute approximate surface area is 238 Å². The summed E-state index contributed by atoms with van der Waals surface area (Å²) in [4.78, 5) is 32.0. The van der Waals surface area contributed by atoms with E-state index in [0.717, 1.165) is 48.8 Å². The molecule has 0 amide bonds. The highest BCUT2D eigenvalue weighted by Gasteiger charge is 2.38. The van der Waals surface area contributed by atoms with Crippen molar-refractivity contribution in [1.29, 1.82) is 0 Å². The smallest absolute Gasteiger partial charge is 0.475 e. The number of hydrogen-bond donors (Lipinski definition) is 2. The maximum Gasteiger partial charge on any atom is 0.490 e. The number of halogens is 6. The zero-order valence-corrected chi connectivity index (χ0v) is 22.6. The standard InChI is InChI=1S/C22H22N4OS.2C2HF3O2/c1-16-5-6-18(28-16)13-25-11-12-27-21(15-25)19-14-26-20(3-2-4-22(26)24-19)17-7-9-23-10-8-17;2*3-2(4,5)1(6)7/h2-10,14,21H,11-13,15H2,1H3;2*(H,6,7). The summed E-state index contributed by atoms with van der Waals surface area (Å²) < 4.78 is 71.7. The van der Waals surface area contributed by atoms with E-state index < -0.39 is 24.3 Å². The topological polar surface area (TPSA) is 117 Å². The Bertz CT molecular complexity index is 1470. The van der Waals surface area contributed by atoms with Crippen LogP contribution in [0.2, 0.25) is 0 Å². The van der Waals surface area contributed by atoms with Crippen molar-refractivity contribution in [2.75, 3.05) is 19.7 Å². The van der Waals surface area contributed by atoms with Gasteiger partial charge in [0, 0.05) is 53.5 Å². The summed E-state index contributed by atoms with van der Waals surface area (Å²) in [7, 11) is 0. The Hall–Kier alpha value is -4.02. The molecule has 1 aliphatic heterocycles. The minimum atomic E-state index is -5.08. The van der Waals surface area contributed by atoms with E-state index in [1.165, 1.54) is 9.75 Å². The van der Waals surface area contributed by atoms with Gasteiger partial charge >= 0.3 is 24.3 Å². The third kappa shape index (κ3) is 9.25. The molecule has 42 heavy (non-hydrogen) atoms. The number of ether oxygens (including phenoxy) is 1. The number of aliphatic carboxylic acids is 2. The van der Waals surface area contributed by atoms with Crippen molar-refractivity contribution >= 4 is 28.9 Å². The molecule has 1 saturated heterocycles. The molecule has 1 fully saturated rings. The third-order valence-electron chi connectivity index (χ3n) is 5.63. The van der Waals surface area contributed by atoms with E-state index in [1.54, 1.807) is 0 Å². The zero-order chi connectivity index (χ0) is 31.1. The number of pyridine rings is 2. The van der Waals surface area contributed by atoms with Crippen molar-refractivity contribution in [3.63, 3.8) is 0 Å². The van der Waals surface area contributed by atoms with Crippen LogP contribution in [0.25, 0.3) is 16.9 Å². The van der Waals surface area contributed by atoms with Gasteiger partial charge in [-0.25, -0.2) is 14.6 Å². The van der Waals surface area contributed by atoms with E-state index in [0.29, 0.717) is 0 Å². The van der Waals surface area contributed by atoms with Gasteiger partial charge in [0.2, 0.25) is 0 Å². The number of nitrogens with zero attached hydrogens (tertiary/aromatic N) is 4. The fraction of sp³-hybridized carbons (Fsp3) is 0.308. The van der Waals surface area contributed by atoms with Gasteiger partial charge in [0.15, 0.2) is 0 Å². The van der Waals surface area contributed by atoms with Crippen LogP contribution < -0.4 is 0 Å². The van der Waals surface area contributed by atoms with E-state index in [9.17, 15) is 26.3 Å². The van der Waals surface area contributed by atoms with Gasteiger partial charge in [-0.1, -0.05) is 6.07 Å². The molecule has 16 heteroatoms. The monoisotopic (exact) mass is 618 g/mol. The average molecular weight is 619 g/mol. The number of aromatic nitrogens is 3. The highest BCUT2D eigenvalue weighted by atomic mass is 32.1. The van der Waals surface area contributed by atoms with Crippen molar-refractivity contribution in [1.82, 2.24) is 19.3 Å². The summed E-state index contributed by atoms with van der Waals surface area (Å²) in [6, 6.07) is 14.7. The van der Waals surface area contributed by atoms with Gasteiger partial charge in [0.25, 0.3) is 0 Å². The molecule has 0 saturated carbocycles. The van der Waals surface area contributed by atoms with Crippen LogP contribution >= 0.6 is 11.3 Å². The van der Waals surface area contributed by atoms with Crippen LogP contribution in [0.5, 0.6) is 0 Å². The lowest BCUT2D eigenvalue weighted by Gasteiger charge is -2.31. The molecular formula is C26H24F6N4O5S. The Balaban J connectivity index is 0.000000289. The molecule has 226 valence electrons. The first-order chi connectivity index (χ1) is 19.6. The first-order valence-electron chi connectivity index (χ1n) is 12.0. The molecule has 1 atom stereocenters. The van der Waals surface area contributed by atoms with Gasteiger partial charge in [0.1, 0.15) is 11.8 Å². The molecule has 0 radical (unpaired) electrons. The van der Waals surface area contributed by atoms with Crippen LogP contribution in [-0.4, -0.2) is 73.5 Å². The van der Waals surface area contributed by atoms with Crippen LogP contribution in [-0.2, 0) is 20.9 Å². The number of aryl methyl sites for hydroxylation is 1. The van der Waals surface area contributed by atoms with Gasteiger partial charge in [-0.15, -0.1) is 11.3 Å². The van der Waals surface area contributed by atoms with Gasteiger partial charge in [-0.05, 0) is 43.3 Å². The Morgan fingerprint density at radius 2 is 1.62 bits per heavy atom. The maximum atomic E-state index is 10.6. The van der Waals surface area contributed by atoms with Crippen molar-refractivity contribution in [2.24, 2.45) is 0 Å². The summed E-state index contributed by atoms with van der Waals surface area (Å²) in [5.74, 6) is -5.51. The van der Waals surface area contributed by atoms with Crippen LogP contribution in [0, 0.1) is 6.92 Å². The number of alkyl halides is 6. The predicted molar refractivity (Wildman–Crippen MR) is 139 cm³/mol. The highest BCUT2D eigenvalue weighted by Crippen LogP contribution is 2.27. The lowest BCUT2D eigenvalue weighted by Crippen LogP contribution is -2.37. The van der Waals surface area contributed by atoms with Crippen molar-refractivity contribution in [2.45, 2.75) is 31.9 Å². The van der Waals surface area contributed by atoms with Gasteiger partial charge in [-0.3, -0.25) is 14.3 Å². The zero-order valence-electron chi connectivity index (χ0n) is 21.8. The summed E-state index contributed by atoms with van der Waals surface area (Å²) >= 11 is 1.87. The normalized spacial score (nSPS) is 15.7. The van der Waals surface area contributed by atoms with E-state index in [4.69, 9.17) is 29.5 Å². The average Bonchev–Trinajstić information content (AvgIpc) is 3.55. The molecule has 0 aliphatic carbocycles. The molecule has 2 N–H and O–H groups in total. The van der Waals surface area contributed by atoms with Gasteiger partial charge in [0.05, 0.1) is 18.0 Å². The van der Waals surface area contributed by atoms with Crippen molar-refractivity contribution in [3.8, 4) is 11.3 Å². The minimum Gasteiger partial charge on any atom is -0.475 e. The van der Waals surface area contributed by atoms with Crippen LogP contribution in [0.4, 0.5) is 26.3 Å². The summed E-state index contributed by atoms with van der Waals surface area (Å²) in [5.41, 5.74) is 4.18. The molecule has 0 spiro atoms. The minimum absolute atomic E-state index is 0.000000735. The number of carbonyl (C=O) groups is 2. The first kappa shape index (κ1) is 32.5. The third-order valence-corrected chi connectivity index (χ3v) is 6.61. The quantitative estimate of drug-likeness (QED) is 0.284. The second-order valence-electron chi connectivity index (χ2n) is 8.75. The molecule has 5 heterocycles. The van der Waals surface area contributed by atoms with Crippen molar-refractivity contribution < 1.29 is 50.9 Å². The number of rotatable bonds is 4. The highest BCUT2D eigenvalue weighted by molar-refractivity contribution is 7.11. The van der Waals surface area contributed by atoms with E-state index in [-0.39, 0.29) is 6.10 Å². The number of thiophene rings is 1. The number of carboxylic acids is 2. The molecule has 4 aromatic heterocycles.